The van der Waals surface area contributed by atoms with Gasteiger partial charge in [0.15, 0.2) is 12.3 Å². The first-order chi connectivity index (χ1) is 16.0. The lowest BCUT2D eigenvalue weighted by molar-refractivity contribution is -0.123. The second kappa shape index (κ2) is 9.99. The molecule has 4 rings (SSSR count). The summed E-state index contributed by atoms with van der Waals surface area (Å²) in [4.78, 5) is 29.4. The molecule has 9 heteroatoms. The Balaban J connectivity index is 1.34. The molecule has 0 unspecified atom stereocenters. The van der Waals surface area contributed by atoms with Crippen LogP contribution in [0.2, 0.25) is 0 Å². The van der Waals surface area contributed by atoms with E-state index in [0.29, 0.717) is 42.2 Å². The average Bonchev–Trinajstić information content (AvgIpc) is 3.24. The molecule has 1 amide bonds. The van der Waals surface area contributed by atoms with E-state index in [1.165, 1.54) is 12.5 Å². The third kappa shape index (κ3) is 5.20. The predicted molar refractivity (Wildman–Crippen MR) is 124 cm³/mol. The minimum atomic E-state index is -0.261. The van der Waals surface area contributed by atoms with Gasteiger partial charge in [0.2, 0.25) is 0 Å². The van der Waals surface area contributed by atoms with E-state index in [1.54, 1.807) is 40.6 Å². The molecule has 4 aromatic rings. The Labute approximate surface area is 190 Å². The highest BCUT2D eigenvalue weighted by Gasteiger charge is 2.11. The summed E-state index contributed by atoms with van der Waals surface area (Å²) in [5, 5.41) is 7.50. The molecule has 9 nitrogen and oxygen atoms in total. The van der Waals surface area contributed by atoms with Crippen molar-refractivity contribution in [2.45, 2.75) is 20.0 Å². The van der Waals surface area contributed by atoms with Crippen LogP contribution in [0.25, 0.3) is 11.0 Å². The van der Waals surface area contributed by atoms with Crippen molar-refractivity contribution in [2.75, 3.05) is 20.3 Å². The summed E-state index contributed by atoms with van der Waals surface area (Å²) in [5.74, 6) is 0.945. The lowest BCUT2D eigenvalue weighted by atomic mass is 10.1. The molecule has 0 radical (unpaired) electrons. The first-order valence-corrected chi connectivity index (χ1v) is 10.5. The normalized spacial score (nSPS) is 10.8. The zero-order valence-corrected chi connectivity index (χ0v) is 18.5. The first-order valence-electron chi connectivity index (χ1n) is 10.5. The quantitative estimate of drug-likeness (QED) is 0.422. The van der Waals surface area contributed by atoms with Crippen molar-refractivity contribution < 1.29 is 14.3 Å². The molecule has 0 spiro atoms. The van der Waals surface area contributed by atoms with Crippen LogP contribution < -0.4 is 20.3 Å². The summed E-state index contributed by atoms with van der Waals surface area (Å²) in [5.41, 5.74) is 2.52. The fourth-order valence-corrected chi connectivity index (χ4v) is 3.44. The van der Waals surface area contributed by atoms with Crippen LogP contribution in [-0.2, 0) is 17.9 Å². The Kier molecular flexibility index (Phi) is 6.68. The number of rotatable bonds is 9. The fraction of sp³-hybridized carbons (Fsp3) is 0.250. The number of hydrogen-bond acceptors (Lipinski definition) is 6. The van der Waals surface area contributed by atoms with E-state index >= 15 is 0 Å². The van der Waals surface area contributed by atoms with E-state index < -0.39 is 0 Å². The average molecular weight is 447 g/mol. The molecule has 0 aliphatic rings. The minimum absolute atomic E-state index is 0.116. The van der Waals surface area contributed by atoms with Crippen LogP contribution in [0.15, 0.2) is 65.8 Å². The van der Waals surface area contributed by atoms with Gasteiger partial charge in [0, 0.05) is 12.6 Å². The maximum absolute atomic E-state index is 12.9. The molecule has 170 valence electrons. The van der Waals surface area contributed by atoms with E-state index in [2.05, 4.69) is 15.4 Å². The van der Waals surface area contributed by atoms with Gasteiger partial charge in [-0.25, -0.2) is 9.67 Å². The highest BCUT2D eigenvalue weighted by atomic mass is 16.5. The number of amides is 1. The van der Waals surface area contributed by atoms with Crippen LogP contribution in [0.5, 0.6) is 11.5 Å². The van der Waals surface area contributed by atoms with Gasteiger partial charge in [0.1, 0.15) is 23.2 Å². The number of benzene rings is 2. The van der Waals surface area contributed by atoms with Crippen LogP contribution in [0.1, 0.15) is 11.1 Å². The van der Waals surface area contributed by atoms with Crippen molar-refractivity contribution in [1.82, 2.24) is 24.6 Å². The van der Waals surface area contributed by atoms with Crippen molar-refractivity contribution >= 4 is 16.9 Å². The van der Waals surface area contributed by atoms with E-state index in [1.807, 2.05) is 31.2 Å². The predicted octanol–water partition coefficient (Wildman–Crippen LogP) is 2.15. The fourth-order valence-electron chi connectivity index (χ4n) is 3.44. The van der Waals surface area contributed by atoms with Crippen molar-refractivity contribution in [3.63, 3.8) is 0 Å². The summed E-state index contributed by atoms with van der Waals surface area (Å²) in [6.45, 7) is 3.05. The maximum Gasteiger partial charge on any atom is 0.264 e. The standard InChI is InChI=1S/C24H25N5O4/c1-17-6-3-4-7-18(17)14-28-16-26-23-21(24(28)31)13-27-29(23)11-10-25-22(30)15-33-20-9-5-8-19(12-20)32-2/h3-9,12-13,16H,10-11,14-15H2,1-2H3,(H,25,30). The number of ether oxygens (including phenoxy) is 2. The lowest BCUT2D eigenvalue weighted by Gasteiger charge is -2.10. The third-order valence-electron chi connectivity index (χ3n) is 5.28. The monoisotopic (exact) mass is 447 g/mol. The first kappa shape index (κ1) is 22.1. The van der Waals surface area contributed by atoms with Gasteiger partial charge in [-0.05, 0) is 30.2 Å². The van der Waals surface area contributed by atoms with Crippen LogP contribution in [-0.4, -0.2) is 45.5 Å². The molecular formula is C24H25N5O4. The van der Waals surface area contributed by atoms with Crippen molar-refractivity contribution in [1.29, 1.82) is 0 Å². The van der Waals surface area contributed by atoms with Crippen LogP contribution in [0, 0.1) is 6.92 Å². The van der Waals surface area contributed by atoms with Crippen molar-refractivity contribution in [2.24, 2.45) is 0 Å². The molecule has 0 bridgehead atoms. The Bertz CT molecular complexity index is 1330. The van der Waals surface area contributed by atoms with Gasteiger partial charge in [0.25, 0.3) is 11.5 Å². The van der Waals surface area contributed by atoms with E-state index in [4.69, 9.17) is 9.47 Å². The smallest absolute Gasteiger partial charge is 0.264 e. The van der Waals surface area contributed by atoms with Crippen LogP contribution in [0.4, 0.5) is 0 Å². The van der Waals surface area contributed by atoms with Gasteiger partial charge in [-0.15, -0.1) is 0 Å². The Hall–Kier alpha value is -4.14. The molecule has 1 N–H and O–H groups in total. The number of nitrogens with zero attached hydrogens (tertiary/aromatic N) is 4. The van der Waals surface area contributed by atoms with Gasteiger partial charge in [-0.1, -0.05) is 30.3 Å². The second-order valence-electron chi connectivity index (χ2n) is 7.53. The number of methoxy groups -OCH3 is 1. The highest BCUT2D eigenvalue weighted by molar-refractivity contribution is 5.77. The van der Waals surface area contributed by atoms with Crippen molar-refractivity contribution in [3.05, 3.63) is 82.5 Å². The SMILES string of the molecule is COc1cccc(OCC(=O)NCCn2ncc3c(=O)n(Cc4ccccc4C)cnc32)c1. The van der Waals surface area contributed by atoms with Gasteiger partial charge >= 0.3 is 0 Å². The zero-order valence-electron chi connectivity index (χ0n) is 18.5. The molecule has 2 heterocycles. The summed E-state index contributed by atoms with van der Waals surface area (Å²) < 4.78 is 13.8. The van der Waals surface area contributed by atoms with Crippen LogP contribution in [0.3, 0.4) is 0 Å². The summed E-state index contributed by atoms with van der Waals surface area (Å²) in [6, 6.07) is 15.0. The van der Waals surface area contributed by atoms with Crippen LogP contribution >= 0.6 is 0 Å². The number of aryl methyl sites for hydroxylation is 1. The molecule has 0 fully saturated rings. The number of fused-ring (bicyclic) bond motifs is 1. The van der Waals surface area contributed by atoms with E-state index in [-0.39, 0.29) is 18.1 Å². The number of hydrogen-bond donors (Lipinski definition) is 1. The Morgan fingerprint density at radius 1 is 1.12 bits per heavy atom. The topological polar surface area (TPSA) is 100 Å². The molecular weight excluding hydrogens is 422 g/mol. The Morgan fingerprint density at radius 2 is 1.94 bits per heavy atom. The van der Waals surface area contributed by atoms with Crippen molar-refractivity contribution in [3.8, 4) is 11.5 Å². The molecule has 0 saturated heterocycles. The molecule has 2 aromatic carbocycles. The summed E-state index contributed by atoms with van der Waals surface area (Å²) in [7, 11) is 1.57. The van der Waals surface area contributed by atoms with E-state index in [9.17, 15) is 9.59 Å². The molecule has 0 saturated carbocycles. The van der Waals surface area contributed by atoms with E-state index in [0.717, 1.165) is 11.1 Å². The Morgan fingerprint density at radius 3 is 2.76 bits per heavy atom. The largest absolute Gasteiger partial charge is 0.497 e. The maximum atomic E-state index is 12.9. The summed E-state index contributed by atoms with van der Waals surface area (Å²) >= 11 is 0. The second-order valence-corrected chi connectivity index (χ2v) is 7.53. The number of carbonyl (C=O) groups is 1. The number of aromatic nitrogens is 4. The number of nitrogens with one attached hydrogen (secondary N) is 1. The van der Waals surface area contributed by atoms with Gasteiger partial charge < -0.3 is 14.8 Å². The summed E-state index contributed by atoms with van der Waals surface area (Å²) in [6.07, 6.45) is 3.06. The van der Waals surface area contributed by atoms with Gasteiger partial charge in [-0.3, -0.25) is 14.2 Å². The van der Waals surface area contributed by atoms with Gasteiger partial charge in [-0.2, -0.15) is 5.10 Å². The highest BCUT2D eigenvalue weighted by Crippen LogP contribution is 2.18. The molecule has 0 aliphatic heterocycles. The lowest BCUT2D eigenvalue weighted by Crippen LogP contribution is -2.31. The molecule has 2 aromatic heterocycles. The number of carbonyl (C=O) groups excluding carboxylic acids is 1. The molecule has 33 heavy (non-hydrogen) atoms. The zero-order chi connectivity index (χ0) is 23.2. The van der Waals surface area contributed by atoms with Gasteiger partial charge in [0.05, 0.1) is 26.4 Å². The molecule has 0 aliphatic carbocycles. The minimum Gasteiger partial charge on any atom is -0.497 e. The molecule has 0 atom stereocenters. The third-order valence-corrected chi connectivity index (χ3v) is 5.28.